The number of H-pyrrole nitrogens is 1. The highest BCUT2D eigenvalue weighted by molar-refractivity contribution is 5.96. The molecule has 0 spiro atoms. The summed E-state index contributed by atoms with van der Waals surface area (Å²) in [7, 11) is 0. The van der Waals surface area contributed by atoms with Crippen molar-refractivity contribution in [3.05, 3.63) is 28.2 Å². The average molecular weight is 190 g/mol. The molecule has 2 rings (SSSR count). The molecule has 0 aliphatic carbocycles. The molecule has 1 aromatic heterocycles. The Hall–Kier alpha value is -1.84. The van der Waals surface area contributed by atoms with Crippen molar-refractivity contribution in [2.45, 2.75) is 13.8 Å². The normalized spacial score (nSPS) is 10.7. The molecule has 0 bridgehead atoms. The van der Waals surface area contributed by atoms with Crippen molar-refractivity contribution in [2.75, 3.05) is 0 Å². The molecule has 0 saturated carbocycles. The molecule has 72 valence electrons. The maximum absolute atomic E-state index is 10.5. The number of nitrogens with zero attached hydrogens (tertiary/aromatic N) is 1. The average Bonchev–Trinajstić information content (AvgIpc) is 2.41. The first-order valence-corrected chi connectivity index (χ1v) is 4.28. The molecule has 0 amide bonds. The lowest BCUT2D eigenvalue weighted by Crippen LogP contribution is -1.78. The summed E-state index contributed by atoms with van der Waals surface area (Å²) in [5, 5.41) is 12.9. The summed E-state index contributed by atoms with van der Waals surface area (Å²) >= 11 is 0. The van der Waals surface area contributed by atoms with Crippen LogP contribution in [0.4, 0.5) is 5.69 Å². The smallest absolute Gasteiger partial charge is 0.219 e. The third kappa shape index (κ3) is 1.08. The van der Waals surface area contributed by atoms with E-state index in [1.807, 2.05) is 26.0 Å². The van der Waals surface area contributed by atoms with Crippen molar-refractivity contribution >= 4 is 16.6 Å². The predicted octanol–water partition coefficient (Wildman–Crippen LogP) is 2.89. The van der Waals surface area contributed by atoms with Gasteiger partial charge in [0.1, 0.15) is 0 Å². The number of rotatable bonds is 1. The van der Waals surface area contributed by atoms with E-state index in [2.05, 4.69) is 10.2 Å². The van der Waals surface area contributed by atoms with E-state index in [0.717, 1.165) is 16.6 Å². The second-order valence-electron chi connectivity index (χ2n) is 3.42. The minimum Gasteiger partial charge on any atom is -0.493 e. The monoisotopic (exact) mass is 190 g/mol. The Morgan fingerprint density at radius 3 is 2.71 bits per heavy atom. The fourth-order valence-electron chi connectivity index (χ4n) is 1.72. The highest BCUT2D eigenvalue weighted by Gasteiger charge is 2.12. The van der Waals surface area contributed by atoms with Gasteiger partial charge >= 0.3 is 0 Å². The van der Waals surface area contributed by atoms with Gasteiger partial charge in [-0.1, -0.05) is 11.6 Å². The van der Waals surface area contributed by atoms with Crippen molar-refractivity contribution in [3.8, 4) is 5.88 Å². The van der Waals surface area contributed by atoms with Crippen LogP contribution in [0.5, 0.6) is 5.88 Å². The van der Waals surface area contributed by atoms with Crippen LogP contribution in [0.3, 0.4) is 0 Å². The number of hydrogen-bond acceptors (Lipinski definition) is 3. The Morgan fingerprint density at radius 2 is 2.07 bits per heavy atom. The summed E-state index contributed by atoms with van der Waals surface area (Å²) in [6.07, 6.45) is 0. The Bertz CT molecular complexity index is 514. The zero-order valence-electron chi connectivity index (χ0n) is 7.96. The molecule has 2 N–H and O–H groups in total. The molecule has 0 fully saturated rings. The van der Waals surface area contributed by atoms with Crippen LogP contribution in [0.1, 0.15) is 11.1 Å². The molecule has 0 radical (unpaired) electrons. The van der Waals surface area contributed by atoms with E-state index in [0.29, 0.717) is 5.39 Å². The van der Waals surface area contributed by atoms with E-state index in [9.17, 15) is 10.0 Å². The number of aromatic amines is 1. The summed E-state index contributed by atoms with van der Waals surface area (Å²) in [5.74, 6) is -0.163. The molecule has 2 aromatic rings. The first kappa shape index (κ1) is 8.74. The largest absolute Gasteiger partial charge is 0.493 e. The van der Waals surface area contributed by atoms with Gasteiger partial charge in [-0.25, -0.2) is 0 Å². The third-order valence-electron chi connectivity index (χ3n) is 2.29. The van der Waals surface area contributed by atoms with Gasteiger partial charge in [-0.05, 0) is 30.7 Å². The van der Waals surface area contributed by atoms with Gasteiger partial charge in [-0.2, -0.15) is 0 Å². The summed E-state index contributed by atoms with van der Waals surface area (Å²) in [6.45, 7) is 3.85. The predicted molar refractivity (Wildman–Crippen MR) is 54.9 cm³/mol. The van der Waals surface area contributed by atoms with Gasteiger partial charge in [0, 0.05) is 5.39 Å². The van der Waals surface area contributed by atoms with Gasteiger partial charge in [-0.15, -0.1) is 4.91 Å². The van der Waals surface area contributed by atoms with Crippen LogP contribution < -0.4 is 0 Å². The van der Waals surface area contributed by atoms with E-state index in [-0.39, 0.29) is 11.6 Å². The van der Waals surface area contributed by atoms with E-state index < -0.39 is 0 Å². The molecule has 0 unspecified atom stereocenters. The molecule has 0 aliphatic heterocycles. The van der Waals surface area contributed by atoms with Crippen LogP contribution >= 0.6 is 0 Å². The van der Waals surface area contributed by atoms with Crippen molar-refractivity contribution in [1.82, 2.24) is 4.98 Å². The molecular weight excluding hydrogens is 180 g/mol. The SMILES string of the molecule is Cc1cc(C)c2[nH]c(O)c(N=O)c2c1. The standard InChI is InChI=1S/C10H10N2O2/c1-5-3-6(2)8-7(4-5)9(12-14)10(13)11-8/h3-4,11,13H,1-2H3. The lowest BCUT2D eigenvalue weighted by atomic mass is 10.1. The second kappa shape index (κ2) is 2.83. The molecule has 0 atom stereocenters. The minimum atomic E-state index is -0.163. The van der Waals surface area contributed by atoms with Crippen LogP contribution in [0.15, 0.2) is 17.3 Å². The van der Waals surface area contributed by atoms with Crippen molar-refractivity contribution in [1.29, 1.82) is 0 Å². The summed E-state index contributed by atoms with van der Waals surface area (Å²) in [6, 6.07) is 3.81. The summed E-state index contributed by atoms with van der Waals surface area (Å²) in [5.41, 5.74) is 2.89. The fraction of sp³-hybridized carbons (Fsp3) is 0.200. The molecule has 14 heavy (non-hydrogen) atoms. The first-order valence-electron chi connectivity index (χ1n) is 4.28. The van der Waals surface area contributed by atoms with E-state index in [1.54, 1.807) is 0 Å². The zero-order valence-corrected chi connectivity index (χ0v) is 7.96. The van der Waals surface area contributed by atoms with E-state index in [4.69, 9.17) is 0 Å². The second-order valence-corrected chi connectivity index (χ2v) is 3.42. The van der Waals surface area contributed by atoms with Crippen LogP contribution in [-0.2, 0) is 0 Å². The van der Waals surface area contributed by atoms with Gasteiger partial charge < -0.3 is 10.1 Å². The molecule has 1 heterocycles. The number of nitrogens with one attached hydrogen (secondary N) is 1. The highest BCUT2D eigenvalue weighted by atomic mass is 16.3. The topological polar surface area (TPSA) is 65.4 Å². The Kier molecular flexibility index (Phi) is 1.77. The quantitative estimate of drug-likeness (QED) is 0.679. The molecule has 4 heteroatoms. The number of aromatic nitrogens is 1. The van der Waals surface area contributed by atoms with Crippen molar-refractivity contribution in [2.24, 2.45) is 5.18 Å². The zero-order chi connectivity index (χ0) is 10.3. The number of hydrogen-bond donors (Lipinski definition) is 2. The minimum absolute atomic E-state index is 0.0896. The van der Waals surface area contributed by atoms with Crippen LogP contribution in [-0.4, -0.2) is 10.1 Å². The maximum atomic E-state index is 10.5. The Morgan fingerprint density at radius 1 is 1.36 bits per heavy atom. The van der Waals surface area contributed by atoms with Gasteiger partial charge in [0.15, 0.2) is 5.69 Å². The lowest BCUT2D eigenvalue weighted by molar-refractivity contribution is 0.460. The van der Waals surface area contributed by atoms with E-state index in [1.165, 1.54) is 0 Å². The molecular formula is C10H10N2O2. The maximum Gasteiger partial charge on any atom is 0.219 e. The summed E-state index contributed by atoms with van der Waals surface area (Å²) in [4.78, 5) is 13.2. The Labute approximate surface area is 80.5 Å². The molecule has 1 aromatic carbocycles. The molecule has 4 nitrogen and oxygen atoms in total. The number of benzene rings is 1. The van der Waals surface area contributed by atoms with Gasteiger partial charge in [0.2, 0.25) is 5.88 Å². The lowest BCUT2D eigenvalue weighted by Gasteiger charge is -1.97. The van der Waals surface area contributed by atoms with Crippen LogP contribution in [0.25, 0.3) is 10.9 Å². The number of aryl methyl sites for hydroxylation is 2. The number of nitroso groups, excluding NO2 is 1. The summed E-state index contributed by atoms with van der Waals surface area (Å²) < 4.78 is 0. The third-order valence-corrected chi connectivity index (χ3v) is 2.29. The van der Waals surface area contributed by atoms with Gasteiger partial charge in [0.05, 0.1) is 5.52 Å². The number of fused-ring (bicyclic) bond motifs is 1. The van der Waals surface area contributed by atoms with Gasteiger partial charge in [-0.3, -0.25) is 0 Å². The molecule has 0 aliphatic rings. The highest BCUT2D eigenvalue weighted by Crippen LogP contribution is 2.36. The van der Waals surface area contributed by atoms with Crippen LogP contribution in [0.2, 0.25) is 0 Å². The molecule has 0 saturated heterocycles. The fourth-order valence-corrected chi connectivity index (χ4v) is 1.72. The first-order chi connectivity index (χ1) is 6.63. The van der Waals surface area contributed by atoms with E-state index >= 15 is 0 Å². The Balaban J connectivity index is 2.94. The van der Waals surface area contributed by atoms with Gasteiger partial charge in [0.25, 0.3) is 0 Å². The number of aromatic hydroxyl groups is 1. The van der Waals surface area contributed by atoms with Crippen molar-refractivity contribution in [3.63, 3.8) is 0 Å². The van der Waals surface area contributed by atoms with Crippen LogP contribution in [0, 0.1) is 18.8 Å². The van der Waals surface area contributed by atoms with Crippen molar-refractivity contribution < 1.29 is 5.11 Å².